The zero-order chi connectivity index (χ0) is 53.6. The number of fused-ring (bicyclic) bond motifs is 6. The molecule has 1 fully saturated rings. The van der Waals surface area contributed by atoms with Crippen LogP contribution in [0.1, 0.15) is 213 Å². The average molecular weight is 999 g/mol. The molecule has 3 heterocycles. The SMILES string of the molecule is Cc1cc(C2CCCCC2)cc(C)c1N1c2cc(C(C)(C)C)cc3c2B(c2cc(C(C)(C)C)ccc2N3c2ccc(C(C)(C)C)cc2-c2cc(C(C)(C)C)cc(C(C)(C)C)c2)c2sc3ccc(C(C)(C)C)cc3c21. The van der Waals surface area contributed by atoms with Crippen molar-refractivity contribution >= 4 is 78.0 Å². The van der Waals surface area contributed by atoms with Gasteiger partial charge in [0, 0.05) is 37.5 Å². The number of rotatable bonds is 4. The first-order valence-electron chi connectivity index (χ1n) is 28.2. The van der Waals surface area contributed by atoms with Crippen molar-refractivity contribution in [1.82, 2.24) is 0 Å². The molecule has 74 heavy (non-hydrogen) atoms. The van der Waals surface area contributed by atoms with E-state index in [4.69, 9.17) is 0 Å². The van der Waals surface area contributed by atoms with E-state index in [1.807, 2.05) is 11.3 Å². The molecule has 1 aliphatic carbocycles. The van der Waals surface area contributed by atoms with Gasteiger partial charge in [-0.1, -0.05) is 198 Å². The van der Waals surface area contributed by atoms with Gasteiger partial charge >= 0.3 is 0 Å². The van der Waals surface area contributed by atoms with Gasteiger partial charge in [-0.3, -0.25) is 0 Å². The van der Waals surface area contributed by atoms with Crippen molar-refractivity contribution in [2.24, 2.45) is 0 Å². The van der Waals surface area contributed by atoms with Crippen molar-refractivity contribution in [1.29, 1.82) is 0 Å². The lowest BCUT2D eigenvalue weighted by atomic mass is 9.36. The molecule has 0 saturated heterocycles. The van der Waals surface area contributed by atoms with E-state index in [1.165, 1.54) is 153 Å². The maximum Gasteiger partial charge on any atom is 0.264 e. The van der Waals surface area contributed by atoms with Crippen LogP contribution in [0.5, 0.6) is 0 Å². The number of aryl methyl sites for hydroxylation is 2. The van der Waals surface area contributed by atoms with Gasteiger partial charge in [0.15, 0.2) is 0 Å². The Hall–Kier alpha value is -5.06. The minimum atomic E-state index is -0.137. The Kier molecular flexibility index (Phi) is 12.6. The monoisotopic (exact) mass is 999 g/mol. The highest BCUT2D eigenvalue weighted by Crippen LogP contribution is 2.53. The van der Waals surface area contributed by atoms with Gasteiger partial charge in [0.25, 0.3) is 6.71 Å². The van der Waals surface area contributed by atoms with E-state index in [-0.39, 0.29) is 39.2 Å². The lowest BCUT2D eigenvalue weighted by Gasteiger charge is -2.45. The van der Waals surface area contributed by atoms with E-state index in [0.717, 1.165) is 0 Å². The molecule has 4 heteroatoms. The first-order chi connectivity index (χ1) is 34.3. The van der Waals surface area contributed by atoms with Crippen LogP contribution in [0.15, 0.2) is 97.1 Å². The molecule has 386 valence electrons. The van der Waals surface area contributed by atoms with Crippen LogP contribution >= 0.6 is 11.3 Å². The molecule has 0 amide bonds. The normalized spacial score (nSPS) is 15.7. The molecule has 0 bridgehead atoms. The largest absolute Gasteiger partial charge is 0.311 e. The van der Waals surface area contributed by atoms with Crippen LogP contribution in [0, 0.1) is 13.8 Å². The summed E-state index contributed by atoms with van der Waals surface area (Å²) in [5.74, 6) is 0.634. The second-order valence-electron chi connectivity index (χ2n) is 29.2. The second-order valence-corrected chi connectivity index (χ2v) is 30.3. The number of hydrogen-bond acceptors (Lipinski definition) is 3. The number of hydrogen-bond donors (Lipinski definition) is 0. The summed E-state index contributed by atoms with van der Waals surface area (Å²) in [7, 11) is 0. The van der Waals surface area contributed by atoms with Gasteiger partial charge in [-0.05, 0) is 174 Å². The fourth-order valence-electron chi connectivity index (χ4n) is 12.4. The first-order valence-corrected chi connectivity index (χ1v) is 29.0. The summed E-state index contributed by atoms with van der Waals surface area (Å²) < 4.78 is 2.80. The molecule has 0 spiro atoms. The van der Waals surface area contributed by atoms with Crippen LogP contribution in [0.3, 0.4) is 0 Å². The Bertz CT molecular complexity index is 3290. The van der Waals surface area contributed by atoms with Crippen molar-refractivity contribution in [3.63, 3.8) is 0 Å². The molecule has 0 radical (unpaired) electrons. The number of benzene rings is 6. The maximum absolute atomic E-state index is 2.78. The van der Waals surface area contributed by atoms with E-state index in [9.17, 15) is 0 Å². The van der Waals surface area contributed by atoms with Crippen molar-refractivity contribution in [2.45, 2.75) is 209 Å². The molecular formula is C70H87BN2S. The van der Waals surface area contributed by atoms with E-state index < -0.39 is 0 Å². The van der Waals surface area contributed by atoms with E-state index >= 15 is 0 Å². The summed E-state index contributed by atoms with van der Waals surface area (Å²) in [5, 5.41) is 1.37. The van der Waals surface area contributed by atoms with Gasteiger partial charge in [0.05, 0.1) is 17.1 Å². The van der Waals surface area contributed by atoms with Crippen LogP contribution in [-0.2, 0) is 32.5 Å². The van der Waals surface area contributed by atoms with Crippen LogP contribution in [-0.4, -0.2) is 6.71 Å². The molecule has 2 aliphatic heterocycles. The quantitative estimate of drug-likeness (QED) is 0.162. The Morgan fingerprint density at radius 3 is 1.45 bits per heavy atom. The maximum atomic E-state index is 2.78. The van der Waals surface area contributed by atoms with E-state index in [2.05, 4.69) is 245 Å². The summed E-state index contributed by atoms with van der Waals surface area (Å²) in [4.78, 5) is 5.50. The molecule has 7 aromatic rings. The summed E-state index contributed by atoms with van der Waals surface area (Å²) in [5.41, 5.74) is 25.3. The standard InChI is InChI=1S/C70H87BN2S/c1-42-32-45(44-24-22-21-23-25-44)33-43(2)62(42)73-59-41-52(70(18,19)20)40-58-61(59)71(64-63(73)54-38-48(66(6,7)8)28-31-60(54)74-64)55-39-49(67(9,10)11)27-30-57(55)72(58)56-29-26-47(65(3,4)5)37-53(56)46-34-50(68(12,13)14)36-51(35-46)69(15,16)17/h26-41,44H,21-25H2,1-20H3. The highest BCUT2D eigenvalue weighted by molar-refractivity contribution is 7.33. The molecule has 1 saturated carbocycles. The highest BCUT2D eigenvalue weighted by Gasteiger charge is 2.47. The van der Waals surface area contributed by atoms with Crippen molar-refractivity contribution in [2.75, 3.05) is 9.80 Å². The lowest BCUT2D eigenvalue weighted by Crippen LogP contribution is -2.60. The Morgan fingerprint density at radius 2 is 0.905 bits per heavy atom. The Labute approximate surface area is 452 Å². The van der Waals surface area contributed by atoms with Crippen LogP contribution in [0.4, 0.5) is 34.1 Å². The molecule has 0 N–H and O–H groups in total. The molecule has 3 aliphatic rings. The van der Waals surface area contributed by atoms with Crippen LogP contribution < -0.4 is 25.5 Å². The van der Waals surface area contributed by atoms with Crippen molar-refractivity contribution in [3.05, 3.63) is 147 Å². The second kappa shape index (κ2) is 17.8. The van der Waals surface area contributed by atoms with Crippen molar-refractivity contribution in [3.8, 4) is 11.1 Å². The Morgan fingerprint density at radius 1 is 0.432 bits per heavy atom. The molecule has 6 aromatic carbocycles. The molecule has 0 atom stereocenters. The van der Waals surface area contributed by atoms with Gasteiger partial charge in [-0.25, -0.2) is 0 Å². The van der Waals surface area contributed by atoms with E-state index in [0.29, 0.717) is 5.92 Å². The van der Waals surface area contributed by atoms with Crippen LogP contribution in [0.25, 0.3) is 21.2 Å². The summed E-state index contributed by atoms with van der Waals surface area (Å²) in [6.45, 7) is 47.6. The molecule has 10 rings (SSSR count). The number of nitrogens with zero attached hydrogens (tertiary/aromatic N) is 2. The third-order valence-corrected chi connectivity index (χ3v) is 18.4. The smallest absolute Gasteiger partial charge is 0.264 e. The highest BCUT2D eigenvalue weighted by atomic mass is 32.1. The molecule has 1 aromatic heterocycles. The fraction of sp³-hybridized carbons (Fsp3) is 0.457. The molecule has 2 nitrogen and oxygen atoms in total. The summed E-state index contributed by atoms with van der Waals surface area (Å²) in [6, 6.07) is 40.3. The van der Waals surface area contributed by atoms with Gasteiger partial charge in [-0.15, -0.1) is 11.3 Å². The van der Waals surface area contributed by atoms with E-state index in [1.54, 1.807) is 0 Å². The zero-order valence-corrected chi connectivity index (χ0v) is 50.0. The third kappa shape index (κ3) is 9.19. The van der Waals surface area contributed by atoms with Gasteiger partial charge in [-0.2, -0.15) is 0 Å². The molecular weight excluding hydrogens is 912 g/mol. The predicted molar refractivity (Wildman–Crippen MR) is 329 cm³/mol. The minimum absolute atomic E-state index is 0.000304. The number of thiophene rings is 1. The van der Waals surface area contributed by atoms with Gasteiger partial charge in [0.2, 0.25) is 0 Å². The summed E-state index contributed by atoms with van der Waals surface area (Å²) >= 11 is 2.03. The van der Waals surface area contributed by atoms with Crippen molar-refractivity contribution < 1.29 is 0 Å². The topological polar surface area (TPSA) is 6.48 Å². The zero-order valence-electron chi connectivity index (χ0n) is 49.2. The average Bonchev–Trinajstić information content (AvgIpc) is 3.69. The van der Waals surface area contributed by atoms with Gasteiger partial charge in [0.1, 0.15) is 0 Å². The third-order valence-electron chi connectivity index (χ3n) is 17.2. The molecule has 0 unspecified atom stereocenters. The summed E-state index contributed by atoms with van der Waals surface area (Å²) in [6.07, 6.45) is 6.62. The minimum Gasteiger partial charge on any atom is -0.311 e. The number of anilines is 6. The Balaban J connectivity index is 1.37. The predicted octanol–water partition coefficient (Wildman–Crippen LogP) is 19.1. The lowest BCUT2D eigenvalue weighted by molar-refractivity contribution is 0.443. The van der Waals surface area contributed by atoms with Gasteiger partial charge < -0.3 is 9.80 Å². The fourth-order valence-corrected chi connectivity index (χ4v) is 13.7. The van der Waals surface area contributed by atoms with Crippen LogP contribution in [0.2, 0.25) is 0 Å². The first kappa shape index (κ1) is 52.4.